The number of halogens is 1. The number of aromatic carboxylic acids is 1. The SMILES string of the molecule is CNC1CCC(C)(Nc2cc3cc(C(=O)O)ccc3nc2-c2ccc(F)cc2)CC1. The minimum atomic E-state index is -0.966. The van der Waals surface area contributed by atoms with Crippen molar-refractivity contribution < 1.29 is 14.3 Å². The lowest BCUT2D eigenvalue weighted by molar-refractivity contribution is 0.0697. The van der Waals surface area contributed by atoms with Crippen LogP contribution in [0.2, 0.25) is 0 Å². The lowest BCUT2D eigenvalue weighted by Gasteiger charge is -2.39. The van der Waals surface area contributed by atoms with E-state index < -0.39 is 5.97 Å². The van der Waals surface area contributed by atoms with Gasteiger partial charge in [0.05, 0.1) is 22.5 Å². The van der Waals surface area contributed by atoms with E-state index in [1.807, 2.05) is 13.1 Å². The van der Waals surface area contributed by atoms with Gasteiger partial charge in [-0.05, 0) is 88.2 Å². The number of carboxylic acid groups (broad SMARTS) is 1. The van der Waals surface area contributed by atoms with Crippen LogP contribution in [0.4, 0.5) is 10.1 Å². The summed E-state index contributed by atoms with van der Waals surface area (Å²) in [5.74, 6) is -1.26. The molecule has 30 heavy (non-hydrogen) atoms. The molecule has 3 aromatic rings. The van der Waals surface area contributed by atoms with Gasteiger partial charge >= 0.3 is 5.97 Å². The van der Waals surface area contributed by atoms with Crippen LogP contribution in [-0.4, -0.2) is 34.7 Å². The summed E-state index contributed by atoms with van der Waals surface area (Å²) in [7, 11) is 2.00. The predicted molar refractivity (Wildman–Crippen MR) is 117 cm³/mol. The number of carboxylic acids is 1. The van der Waals surface area contributed by atoms with Crippen LogP contribution in [-0.2, 0) is 0 Å². The van der Waals surface area contributed by atoms with Gasteiger partial charge in [-0.2, -0.15) is 0 Å². The fourth-order valence-electron chi connectivity index (χ4n) is 4.23. The van der Waals surface area contributed by atoms with E-state index in [0.717, 1.165) is 48.0 Å². The van der Waals surface area contributed by atoms with Crippen LogP contribution in [0.1, 0.15) is 43.0 Å². The Morgan fingerprint density at radius 2 is 1.83 bits per heavy atom. The van der Waals surface area contributed by atoms with Crippen LogP contribution < -0.4 is 10.6 Å². The summed E-state index contributed by atoms with van der Waals surface area (Å²) in [6, 6.07) is 13.7. The molecule has 0 bridgehead atoms. The van der Waals surface area contributed by atoms with Crippen molar-refractivity contribution in [2.75, 3.05) is 12.4 Å². The summed E-state index contributed by atoms with van der Waals surface area (Å²) in [5, 5.41) is 17.2. The fourth-order valence-corrected chi connectivity index (χ4v) is 4.23. The molecule has 6 heteroatoms. The molecule has 0 saturated heterocycles. The number of benzene rings is 2. The minimum Gasteiger partial charge on any atom is -0.478 e. The highest BCUT2D eigenvalue weighted by Crippen LogP contribution is 2.36. The molecule has 5 nitrogen and oxygen atoms in total. The minimum absolute atomic E-state index is 0.0953. The van der Waals surface area contributed by atoms with Crippen LogP contribution in [0.3, 0.4) is 0 Å². The normalized spacial score (nSPS) is 21.5. The molecule has 0 radical (unpaired) electrons. The van der Waals surface area contributed by atoms with Crippen molar-refractivity contribution in [3.8, 4) is 11.3 Å². The maximum Gasteiger partial charge on any atom is 0.335 e. The first-order valence-corrected chi connectivity index (χ1v) is 10.3. The molecule has 0 amide bonds. The molecule has 1 aliphatic rings. The summed E-state index contributed by atoms with van der Waals surface area (Å²) in [5.41, 5.74) is 3.22. The molecule has 1 aromatic heterocycles. The van der Waals surface area contributed by atoms with Gasteiger partial charge in [-0.1, -0.05) is 0 Å². The maximum absolute atomic E-state index is 13.5. The molecule has 0 spiro atoms. The van der Waals surface area contributed by atoms with Gasteiger partial charge < -0.3 is 15.7 Å². The number of rotatable bonds is 5. The van der Waals surface area contributed by atoms with E-state index in [0.29, 0.717) is 11.6 Å². The van der Waals surface area contributed by atoms with Gasteiger partial charge in [0.2, 0.25) is 0 Å². The predicted octanol–water partition coefficient (Wildman–Crippen LogP) is 5.07. The monoisotopic (exact) mass is 407 g/mol. The van der Waals surface area contributed by atoms with Gasteiger partial charge in [0.25, 0.3) is 0 Å². The number of aromatic nitrogens is 1. The number of pyridine rings is 1. The number of fused-ring (bicyclic) bond motifs is 1. The molecule has 1 fully saturated rings. The molecule has 1 heterocycles. The molecule has 0 atom stereocenters. The number of carbonyl (C=O) groups is 1. The molecule has 3 N–H and O–H groups in total. The third kappa shape index (κ3) is 4.14. The molecule has 1 aliphatic carbocycles. The molecule has 0 aliphatic heterocycles. The number of anilines is 1. The van der Waals surface area contributed by atoms with Gasteiger partial charge in [-0.3, -0.25) is 0 Å². The average molecular weight is 407 g/mol. The largest absolute Gasteiger partial charge is 0.478 e. The highest BCUT2D eigenvalue weighted by atomic mass is 19.1. The first-order valence-electron chi connectivity index (χ1n) is 10.3. The Balaban J connectivity index is 1.78. The van der Waals surface area contributed by atoms with Gasteiger partial charge in [0, 0.05) is 22.5 Å². The molecule has 0 unspecified atom stereocenters. The molecule has 2 aromatic carbocycles. The highest BCUT2D eigenvalue weighted by Gasteiger charge is 2.31. The summed E-state index contributed by atoms with van der Waals surface area (Å²) < 4.78 is 13.5. The van der Waals surface area contributed by atoms with Crippen LogP contribution in [0.5, 0.6) is 0 Å². The van der Waals surface area contributed by atoms with Crippen molar-refractivity contribution in [1.82, 2.24) is 10.3 Å². The number of hydrogen-bond acceptors (Lipinski definition) is 4. The first kappa shape index (κ1) is 20.3. The van der Waals surface area contributed by atoms with Crippen molar-refractivity contribution in [1.29, 1.82) is 0 Å². The maximum atomic E-state index is 13.5. The van der Waals surface area contributed by atoms with Crippen LogP contribution in [0.15, 0.2) is 48.5 Å². The van der Waals surface area contributed by atoms with E-state index in [-0.39, 0.29) is 16.9 Å². The Hall–Kier alpha value is -2.99. The van der Waals surface area contributed by atoms with Crippen LogP contribution in [0, 0.1) is 5.82 Å². The Labute approximate surface area is 175 Å². The van der Waals surface area contributed by atoms with Crippen molar-refractivity contribution in [2.45, 2.75) is 44.2 Å². The topological polar surface area (TPSA) is 74.2 Å². The number of nitrogens with one attached hydrogen (secondary N) is 2. The Morgan fingerprint density at radius 1 is 1.13 bits per heavy atom. The summed E-state index contributed by atoms with van der Waals surface area (Å²) in [6.45, 7) is 2.21. The van der Waals surface area contributed by atoms with Crippen LogP contribution >= 0.6 is 0 Å². The van der Waals surface area contributed by atoms with Crippen LogP contribution in [0.25, 0.3) is 22.2 Å². The lowest BCUT2D eigenvalue weighted by Crippen LogP contribution is -2.43. The second kappa shape index (κ2) is 8.03. The number of nitrogens with zero attached hydrogens (tertiary/aromatic N) is 1. The van der Waals surface area contributed by atoms with E-state index in [2.05, 4.69) is 17.6 Å². The molecular weight excluding hydrogens is 381 g/mol. The Bertz CT molecular complexity index is 1070. The zero-order valence-corrected chi connectivity index (χ0v) is 17.2. The van der Waals surface area contributed by atoms with E-state index >= 15 is 0 Å². The average Bonchev–Trinajstić information content (AvgIpc) is 2.74. The standard InChI is InChI=1S/C24H26FN3O2/c1-24(11-9-19(26-2)10-12-24)28-21-14-17-13-16(23(29)30)5-8-20(17)27-22(21)15-3-6-18(25)7-4-15/h3-8,13-14,19,26,28H,9-12H2,1-2H3,(H,29,30). The smallest absolute Gasteiger partial charge is 0.335 e. The van der Waals surface area contributed by atoms with Gasteiger partial charge in [-0.25, -0.2) is 14.2 Å². The number of hydrogen-bond donors (Lipinski definition) is 3. The third-order valence-electron chi connectivity index (χ3n) is 6.11. The van der Waals surface area contributed by atoms with Gasteiger partial charge in [0.1, 0.15) is 5.82 Å². The zero-order chi connectivity index (χ0) is 21.3. The third-order valence-corrected chi connectivity index (χ3v) is 6.11. The molecule has 1 saturated carbocycles. The van der Waals surface area contributed by atoms with Gasteiger partial charge in [0.15, 0.2) is 0 Å². The van der Waals surface area contributed by atoms with Crippen molar-refractivity contribution in [3.05, 3.63) is 59.9 Å². The summed E-state index contributed by atoms with van der Waals surface area (Å²) in [6.07, 6.45) is 4.18. The molecule has 4 rings (SSSR count). The van der Waals surface area contributed by atoms with Crippen molar-refractivity contribution >= 4 is 22.6 Å². The van der Waals surface area contributed by atoms with E-state index in [4.69, 9.17) is 4.98 Å². The highest BCUT2D eigenvalue weighted by molar-refractivity contribution is 5.96. The lowest BCUT2D eigenvalue weighted by atomic mass is 9.80. The van der Waals surface area contributed by atoms with Crippen molar-refractivity contribution in [3.63, 3.8) is 0 Å². The molecule has 156 valence electrons. The van der Waals surface area contributed by atoms with E-state index in [9.17, 15) is 14.3 Å². The summed E-state index contributed by atoms with van der Waals surface area (Å²) in [4.78, 5) is 16.2. The quantitative estimate of drug-likeness (QED) is 0.551. The second-order valence-corrected chi connectivity index (χ2v) is 8.35. The second-order valence-electron chi connectivity index (χ2n) is 8.35. The zero-order valence-electron chi connectivity index (χ0n) is 17.2. The Kier molecular flexibility index (Phi) is 5.43. The molecular formula is C24H26FN3O2. The fraction of sp³-hybridized carbons (Fsp3) is 0.333. The Morgan fingerprint density at radius 3 is 2.47 bits per heavy atom. The van der Waals surface area contributed by atoms with E-state index in [1.54, 1.807) is 30.3 Å². The summed E-state index contributed by atoms with van der Waals surface area (Å²) >= 11 is 0. The van der Waals surface area contributed by atoms with Gasteiger partial charge in [-0.15, -0.1) is 0 Å². The first-order chi connectivity index (χ1) is 14.4. The van der Waals surface area contributed by atoms with Crippen molar-refractivity contribution in [2.24, 2.45) is 0 Å². The van der Waals surface area contributed by atoms with E-state index in [1.165, 1.54) is 12.1 Å².